The highest BCUT2D eigenvalue weighted by molar-refractivity contribution is 5.36. The molecule has 0 unspecified atom stereocenters. The van der Waals surface area contributed by atoms with Crippen LogP contribution in [0, 0.1) is 19.3 Å². The second kappa shape index (κ2) is 5.81. The first-order valence-electron chi connectivity index (χ1n) is 7.05. The SMILES string of the molecule is Cc1cc(C)n(-c2cncc(NC[C@H](O)C(C)(C)C)n2)n1. The minimum Gasteiger partial charge on any atom is -0.391 e. The summed E-state index contributed by atoms with van der Waals surface area (Å²) in [5.41, 5.74) is 1.78. The van der Waals surface area contributed by atoms with E-state index in [9.17, 15) is 5.11 Å². The van der Waals surface area contributed by atoms with Gasteiger partial charge in [0.1, 0.15) is 5.82 Å². The molecule has 2 heterocycles. The van der Waals surface area contributed by atoms with Gasteiger partial charge in [-0.3, -0.25) is 4.98 Å². The average Bonchev–Trinajstić information content (AvgIpc) is 2.74. The lowest BCUT2D eigenvalue weighted by molar-refractivity contribution is 0.0745. The average molecular weight is 289 g/mol. The van der Waals surface area contributed by atoms with E-state index in [-0.39, 0.29) is 5.41 Å². The van der Waals surface area contributed by atoms with Crippen molar-refractivity contribution in [2.24, 2.45) is 5.41 Å². The van der Waals surface area contributed by atoms with Crippen molar-refractivity contribution < 1.29 is 5.11 Å². The zero-order chi connectivity index (χ0) is 15.6. The highest BCUT2D eigenvalue weighted by atomic mass is 16.3. The molecule has 0 amide bonds. The number of aliphatic hydroxyl groups is 1. The Morgan fingerprint density at radius 1 is 1.29 bits per heavy atom. The summed E-state index contributed by atoms with van der Waals surface area (Å²) in [6.07, 6.45) is 2.85. The first-order chi connectivity index (χ1) is 9.77. The number of hydrogen-bond acceptors (Lipinski definition) is 5. The largest absolute Gasteiger partial charge is 0.391 e. The van der Waals surface area contributed by atoms with Crippen LogP contribution in [0.2, 0.25) is 0 Å². The topological polar surface area (TPSA) is 75.9 Å². The summed E-state index contributed by atoms with van der Waals surface area (Å²) in [6.45, 7) is 10.3. The maximum Gasteiger partial charge on any atom is 0.174 e. The van der Waals surface area contributed by atoms with E-state index in [0.717, 1.165) is 11.4 Å². The molecule has 2 rings (SSSR count). The molecule has 0 fully saturated rings. The second-order valence-electron chi connectivity index (χ2n) is 6.36. The van der Waals surface area contributed by atoms with Gasteiger partial charge >= 0.3 is 0 Å². The molecular formula is C15H23N5O. The predicted octanol–water partition coefficient (Wildman–Crippen LogP) is 2.10. The number of rotatable bonds is 4. The Hall–Kier alpha value is -1.95. The molecule has 0 saturated carbocycles. The summed E-state index contributed by atoms with van der Waals surface area (Å²) in [7, 11) is 0. The lowest BCUT2D eigenvalue weighted by atomic mass is 9.89. The number of anilines is 1. The highest BCUT2D eigenvalue weighted by Gasteiger charge is 2.21. The van der Waals surface area contributed by atoms with Gasteiger partial charge in [0.25, 0.3) is 0 Å². The Kier molecular flexibility index (Phi) is 4.27. The van der Waals surface area contributed by atoms with E-state index in [4.69, 9.17) is 0 Å². The quantitative estimate of drug-likeness (QED) is 0.901. The van der Waals surface area contributed by atoms with Gasteiger partial charge in [-0.15, -0.1) is 0 Å². The van der Waals surface area contributed by atoms with Crippen molar-refractivity contribution in [3.8, 4) is 5.82 Å². The fourth-order valence-corrected chi connectivity index (χ4v) is 1.91. The van der Waals surface area contributed by atoms with Gasteiger partial charge < -0.3 is 10.4 Å². The van der Waals surface area contributed by atoms with E-state index in [1.807, 2.05) is 40.7 Å². The van der Waals surface area contributed by atoms with Crippen molar-refractivity contribution in [3.63, 3.8) is 0 Å². The number of aromatic nitrogens is 4. The third kappa shape index (κ3) is 3.78. The lowest BCUT2D eigenvalue weighted by Crippen LogP contribution is -2.33. The first kappa shape index (κ1) is 15.4. The third-order valence-corrected chi connectivity index (χ3v) is 3.32. The molecule has 2 aromatic heterocycles. The van der Waals surface area contributed by atoms with Crippen LogP contribution in [-0.2, 0) is 0 Å². The maximum absolute atomic E-state index is 10.1. The van der Waals surface area contributed by atoms with E-state index in [2.05, 4.69) is 20.4 Å². The molecule has 114 valence electrons. The van der Waals surface area contributed by atoms with Gasteiger partial charge in [0.15, 0.2) is 5.82 Å². The summed E-state index contributed by atoms with van der Waals surface area (Å²) >= 11 is 0. The molecule has 2 aromatic rings. The van der Waals surface area contributed by atoms with E-state index in [1.165, 1.54) is 0 Å². The van der Waals surface area contributed by atoms with Crippen LogP contribution in [0.15, 0.2) is 18.5 Å². The second-order valence-corrected chi connectivity index (χ2v) is 6.36. The standard InChI is InChI=1S/C15H23N5O/c1-10-6-11(2)20(19-10)14-9-16-8-13(18-14)17-7-12(21)15(3,4)5/h6,8-9,12,21H,7H2,1-5H3,(H,17,18)/t12-/m0/s1. The molecule has 0 saturated heterocycles. The zero-order valence-corrected chi connectivity index (χ0v) is 13.3. The van der Waals surface area contributed by atoms with Crippen molar-refractivity contribution in [1.29, 1.82) is 0 Å². The molecule has 1 atom stereocenters. The summed E-state index contributed by atoms with van der Waals surface area (Å²) < 4.78 is 1.76. The number of nitrogens with zero attached hydrogens (tertiary/aromatic N) is 4. The number of aryl methyl sites for hydroxylation is 2. The van der Waals surface area contributed by atoms with Crippen molar-refractivity contribution in [1.82, 2.24) is 19.7 Å². The van der Waals surface area contributed by atoms with Crippen molar-refractivity contribution >= 4 is 5.82 Å². The maximum atomic E-state index is 10.1. The van der Waals surface area contributed by atoms with Crippen LogP contribution in [-0.4, -0.2) is 37.5 Å². The van der Waals surface area contributed by atoms with E-state index in [0.29, 0.717) is 18.2 Å². The number of nitrogens with one attached hydrogen (secondary N) is 1. The number of aliphatic hydroxyl groups excluding tert-OH is 1. The van der Waals surface area contributed by atoms with Crippen LogP contribution >= 0.6 is 0 Å². The fraction of sp³-hybridized carbons (Fsp3) is 0.533. The Morgan fingerprint density at radius 3 is 2.57 bits per heavy atom. The first-order valence-corrected chi connectivity index (χ1v) is 7.05. The van der Waals surface area contributed by atoms with Crippen molar-refractivity contribution in [3.05, 3.63) is 29.8 Å². The zero-order valence-electron chi connectivity index (χ0n) is 13.3. The molecule has 0 spiro atoms. The summed E-state index contributed by atoms with van der Waals surface area (Å²) in [5, 5.41) is 17.6. The summed E-state index contributed by atoms with van der Waals surface area (Å²) in [4.78, 5) is 8.67. The van der Waals surface area contributed by atoms with Crippen LogP contribution in [0.5, 0.6) is 0 Å². The Balaban J connectivity index is 2.13. The van der Waals surface area contributed by atoms with Crippen LogP contribution in [0.25, 0.3) is 5.82 Å². The molecular weight excluding hydrogens is 266 g/mol. The van der Waals surface area contributed by atoms with Crippen LogP contribution in [0.4, 0.5) is 5.82 Å². The molecule has 0 radical (unpaired) electrons. The molecule has 0 aliphatic heterocycles. The fourth-order valence-electron chi connectivity index (χ4n) is 1.91. The van der Waals surface area contributed by atoms with Gasteiger partial charge in [-0.25, -0.2) is 9.67 Å². The monoisotopic (exact) mass is 289 g/mol. The van der Waals surface area contributed by atoms with E-state index >= 15 is 0 Å². The molecule has 0 aliphatic rings. The third-order valence-electron chi connectivity index (χ3n) is 3.32. The number of hydrogen-bond donors (Lipinski definition) is 2. The molecule has 6 heteroatoms. The van der Waals surface area contributed by atoms with Crippen LogP contribution < -0.4 is 5.32 Å². The minimum atomic E-state index is -0.461. The van der Waals surface area contributed by atoms with Gasteiger partial charge in [0.2, 0.25) is 0 Å². The van der Waals surface area contributed by atoms with Gasteiger partial charge in [-0.05, 0) is 25.3 Å². The van der Waals surface area contributed by atoms with Crippen LogP contribution in [0.3, 0.4) is 0 Å². The predicted molar refractivity (Wildman–Crippen MR) is 82.6 cm³/mol. The molecule has 0 aromatic carbocycles. The minimum absolute atomic E-state index is 0.173. The normalized spacial score (nSPS) is 13.2. The van der Waals surface area contributed by atoms with Gasteiger partial charge in [0.05, 0.1) is 24.2 Å². The lowest BCUT2D eigenvalue weighted by Gasteiger charge is -2.26. The molecule has 21 heavy (non-hydrogen) atoms. The highest BCUT2D eigenvalue weighted by Crippen LogP contribution is 2.19. The van der Waals surface area contributed by atoms with Gasteiger partial charge in [0, 0.05) is 12.2 Å². The summed E-state index contributed by atoms with van der Waals surface area (Å²) in [6, 6.07) is 1.99. The molecule has 0 aliphatic carbocycles. The van der Waals surface area contributed by atoms with Gasteiger partial charge in [-0.1, -0.05) is 20.8 Å². The molecule has 6 nitrogen and oxygen atoms in total. The van der Waals surface area contributed by atoms with E-state index < -0.39 is 6.10 Å². The molecule has 0 bridgehead atoms. The smallest absolute Gasteiger partial charge is 0.174 e. The van der Waals surface area contributed by atoms with E-state index in [1.54, 1.807) is 17.1 Å². The van der Waals surface area contributed by atoms with Crippen LogP contribution in [0.1, 0.15) is 32.2 Å². The van der Waals surface area contributed by atoms with Gasteiger partial charge in [-0.2, -0.15) is 5.10 Å². The van der Waals surface area contributed by atoms with Crippen molar-refractivity contribution in [2.75, 3.05) is 11.9 Å². The molecule has 2 N–H and O–H groups in total. The summed E-state index contributed by atoms with van der Waals surface area (Å²) in [5.74, 6) is 1.29. The Bertz CT molecular complexity index is 615. The van der Waals surface area contributed by atoms with Crippen molar-refractivity contribution in [2.45, 2.75) is 40.7 Å². The Labute approximate surface area is 125 Å². The Morgan fingerprint density at radius 2 is 2.00 bits per heavy atom.